The molecule has 1 saturated carbocycles. The largest absolute Gasteiger partial charge is 0.369 e. The van der Waals surface area contributed by atoms with Gasteiger partial charge in [0.15, 0.2) is 0 Å². The van der Waals surface area contributed by atoms with Crippen molar-refractivity contribution in [2.24, 2.45) is 0 Å². The lowest BCUT2D eigenvalue weighted by Gasteiger charge is -2.36. The Morgan fingerprint density at radius 2 is 1.95 bits per heavy atom. The highest BCUT2D eigenvalue weighted by Gasteiger charge is 2.21. The first-order chi connectivity index (χ1) is 9.96. The molecule has 1 aromatic carbocycles. The van der Waals surface area contributed by atoms with Crippen molar-refractivity contribution in [2.75, 3.05) is 17.2 Å². The molecule has 1 aliphatic carbocycles. The van der Waals surface area contributed by atoms with Crippen molar-refractivity contribution in [3.8, 4) is 0 Å². The van der Waals surface area contributed by atoms with Crippen LogP contribution in [-0.4, -0.2) is 31.3 Å². The van der Waals surface area contributed by atoms with Crippen LogP contribution in [-0.2, 0) is 10.1 Å². The molecular weight excluding hydrogens is 286 g/mol. The lowest BCUT2D eigenvalue weighted by atomic mass is 9.93. The van der Waals surface area contributed by atoms with E-state index < -0.39 is 10.1 Å². The number of rotatable bonds is 6. The van der Waals surface area contributed by atoms with E-state index in [0.29, 0.717) is 19.0 Å². The molecule has 0 atom stereocenters. The van der Waals surface area contributed by atoms with Crippen LogP contribution in [0.25, 0.3) is 0 Å². The number of aryl methyl sites for hydroxylation is 1. The summed E-state index contributed by atoms with van der Waals surface area (Å²) in [6.45, 7) is 2.74. The first kappa shape index (κ1) is 16.3. The van der Waals surface area contributed by atoms with Gasteiger partial charge in [0.2, 0.25) is 0 Å². The van der Waals surface area contributed by atoms with Crippen molar-refractivity contribution in [1.82, 2.24) is 0 Å². The fraction of sp³-hybridized carbons (Fsp3) is 0.625. The third-order valence-corrected chi connectivity index (χ3v) is 4.95. The molecule has 1 N–H and O–H groups in total. The Hall–Kier alpha value is -1.07. The molecule has 0 aromatic heterocycles. The minimum absolute atomic E-state index is 0.165. The Labute approximate surface area is 127 Å². The molecule has 21 heavy (non-hydrogen) atoms. The summed E-state index contributed by atoms with van der Waals surface area (Å²) in [6, 6.07) is 8.85. The molecule has 0 radical (unpaired) electrons. The molecule has 1 aliphatic rings. The molecule has 1 fully saturated rings. The van der Waals surface area contributed by atoms with Gasteiger partial charge >= 0.3 is 0 Å². The molecule has 1 aromatic rings. The molecule has 0 aliphatic heterocycles. The molecule has 4 nitrogen and oxygen atoms in total. The highest BCUT2D eigenvalue weighted by Crippen LogP contribution is 2.28. The molecule has 118 valence electrons. The van der Waals surface area contributed by atoms with E-state index >= 15 is 0 Å². The molecule has 0 spiro atoms. The fourth-order valence-electron chi connectivity index (χ4n) is 3.14. The zero-order valence-corrected chi connectivity index (χ0v) is 13.5. The molecule has 0 unspecified atom stereocenters. The molecule has 5 heteroatoms. The summed E-state index contributed by atoms with van der Waals surface area (Å²) in [5.41, 5.74) is 2.38. The Kier molecular flexibility index (Phi) is 5.65. The number of benzene rings is 1. The SMILES string of the molecule is Cc1cccc(N(CCCS(=O)(=O)O)C2CCCCC2)c1. The summed E-state index contributed by atoms with van der Waals surface area (Å²) < 4.78 is 30.7. The van der Waals surface area contributed by atoms with Gasteiger partial charge in [0.1, 0.15) is 0 Å². The summed E-state index contributed by atoms with van der Waals surface area (Å²) in [5.74, 6) is -0.165. The van der Waals surface area contributed by atoms with Gasteiger partial charge in [-0.3, -0.25) is 4.55 Å². The average molecular weight is 311 g/mol. The van der Waals surface area contributed by atoms with Crippen molar-refractivity contribution in [2.45, 2.75) is 51.5 Å². The second-order valence-corrected chi connectivity index (χ2v) is 7.54. The van der Waals surface area contributed by atoms with Crippen molar-refractivity contribution in [3.63, 3.8) is 0 Å². The Morgan fingerprint density at radius 3 is 2.57 bits per heavy atom. The quantitative estimate of drug-likeness (QED) is 0.818. The summed E-state index contributed by atoms with van der Waals surface area (Å²) in [6.07, 6.45) is 6.57. The maximum Gasteiger partial charge on any atom is 0.264 e. The van der Waals surface area contributed by atoms with E-state index in [-0.39, 0.29) is 5.75 Å². The van der Waals surface area contributed by atoms with Gasteiger partial charge in [0.05, 0.1) is 5.75 Å². The van der Waals surface area contributed by atoms with Gasteiger partial charge in [-0.1, -0.05) is 31.4 Å². The summed E-state index contributed by atoms with van der Waals surface area (Å²) in [7, 11) is -3.87. The maximum absolute atomic E-state index is 10.9. The Bertz CT molecular complexity index is 550. The summed E-state index contributed by atoms with van der Waals surface area (Å²) >= 11 is 0. The molecule has 0 bridgehead atoms. The van der Waals surface area contributed by atoms with Crippen molar-refractivity contribution < 1.29 is 13.0 Å². The van der Waals surface area contributed by atoms with E-state index in [2.05, 4.69) is 30.0 Å². The summed E-state index contributed by atoms with van der Waals surface area (Å²) in [4.78, 5) is 2.33. The van der Waals surface area contributed by atoms with Crippen LogP contribution in [0.2, 0.25) is 0 Å². The number of hydrogen-bond donors (Lipinski definition) is 1. The monoisotopic (exact) mass is 311 g/mol. The molecule has 0 heterocycles. The second-order valence-electron chi connectivity index (χ2n) is 5.96. The molecule has 2 rings (SSSR count). The maximum atomic E-state index is 10.9. The van der Waals surface area contributed by atoms with Crippen molar-refractivity contribution in [3.05, 3.63) is 29.8 Å². The van der Waals surface area contributed by atoms with Crippen LogP contribution < -0.4 is 4.90 Å². The van der Waals surface area contributed by atoms with Crippen molar-refractivity contribution in [1.29, 1.82) is 0 Å². The third kappa shape index (κ3) is 5.32. The third-order valence-electron chi connectivity index (χ3n) is 4.15. The second kappa shape index (κ2) is 7.27. The van der Waals surface area contributed by atoms with Gasteiger partial charge in [-0.15, -0.1) is 0 Å². The predicted octanol–water partition coefficient (Wildman–Crippen LogP) is 3.41. The van der Waals surface area contributed by atoms with E-state index in [4.69, 9.17) is 4.55 Å². The number of nitrogens with zero attached hydrogens (tertiary/aromatic N) is 1. The fourth-order valence-corrected chi connectivity index (χ4v) is 3.63. The molecular formula is C16H25NO3S. The van der Waals surface area contributed by atoms with Gasteiger partial charge in [-0.05, 0) is 43.9 Å². The Balaban J connectivity index is 2.09. The standard InChI is InChI=1S/C16H25NO3S/c1-14-7-5-10-16(13-14)17(11-6-12-21(18,19)20)15-8-3-2-4-9-15/h5,7,10,13,15H,2-4,6,8-9,11-12H2,1H3,(H,18,19,20). The Morgan fingerprint density at radius 1 is 1.24 bits per heavy atom. The topological polar surface area (TPSA) is 57.6 Å². The van der Waals surface area contributed by atoms with E-state index in [1.807, 2.05) is 6.07 Å². The highest BCUT2D eigenvalue weighted by molar-refractivity contribution is 7.85. The van der Waals surface area contributed by atoms with Crippen LogP contribution in [0.5, 0.6) is 0 Å². The van der Waals surface area contributed by atoms with E-state index in [0.717, 1.165) is 5.69 Å². The first-order valence-corrected chi connectivity index (χ1v) is 9.35. The van der Waals surface area contributed by atoms with Crippen LogP contribution in [0, 0.1) is 6.92 Å². The van der Waals surface area contributed by atoms with Gasteiger partial charge < -0.3 is 4.90 Å². The number of anilines is 1. The van der Waals surface area contributed by atoms with E-state index in [1.165, 1.54) is 37.7 Å². The minimum Gasteiger partial charge on any atom is -0.369 e. The van der Waals surface area contributed by atoms with Gasteiger partial charge in [-0.25, -0.2) is 0 Å². The first-order valence-electron chi connectivity index (χ1n) is 7.74. The lowest BCUT2D eigenvalue weighted by Crippen LogP contribution is -2.38. The van der Waals surface area contributed by atoms with Crippen LogP contribution in [0.4, 0.5) is 5.69 Å². The van der Waals surface area contributed by atoms with Crippen molar-refractivity contribution >= 4 is 15.8 Å². The van der Waals surface area contributed by atoms with E-state index in [9.17, 15) is 8.42 Å². The highest BCUT2D eigenvalue weighted by atomic mass is 32.2. The smallest absolute Gasteiger partial charge is 0.264 e. The zero-order valence-electron chi connectivity index (χ0n) is 12.7. The molecule has 0 amide bonds. The van der Waals surface area contributed by atoms with Crippen LogP contribution in [0.15, 0.2) is 24.3 Å². The van der Waals surface area contributed by atoms with Gasteiger partial charge in [-0.2, -0.15) is 8.42 Å². The zero-order chi connectivity index (χ0) is 15.3. The van der Waals surface area contributed by atoms with Gasteiger partial charge in [0, 0.05) is 18.3 Å². The predicted molar refractivity (Wildman–Crippen MR) is 86.4 cm³/mol. The average Bonchev–Trinajstić information content (AvgIpc) is 2.43. The van der Waals surface area contributed by atoms with Crippen LogP contribution in [0.3, 0.4) is 0 Å². The van der Waals surface area contributed by atoms with Crippen LogP contribution >= 0.6 is 0 Å². The molecule has 0 saturated heterocycles. The summed E-state index contributed by atoms with van der Waals surface area (Å²) in [5, 5.41) is 0. The lowest BCUT2D eigenvalue weighted by molar-refractivity contribution is 0.413. The number of hydrogen-bond acceptors (Lipinski definition) is 3. The van der Waals surface area contributed by atoms with Crippen LogP contribution in [0.1, 0.15) is 44.1 Å². The normalized spacial score (nSPS) is 16.9. The van der Waals surface area contributed by atoms with E-state index in [1.54, 1.807) is 0 Å². The minimum atomic E-state index is -3.87. The van der Waals surface area contributed by atoms with Gasteiger partial charge in [0.25, 0.3) is 10.1 Å².